The molecule has 5 heteroatoms. The molecule has 33 heavy (non-hydrogen) atoms. The summed E-state index contributed by atoms with van der Waals surface area (Å²) in [7, 11) is 0. The average Bonchev–Trinajstić information content (AvgIpc) is 3.33. The van der Waals surface area contributed by atoms with Crippen molar-refractivity contribution in [3.05, 3.63) is 54.4 Å². The number of pyridine rings is 1. The molecule has 1 aliphatic heterocycles. The fraction of sp³-hybridized carbons (Fsp3) is 0.536. The lowest BCUT2D eigenvalue weighted by molar-refractivity contribution is -0.142. The molecular weight excluding hydrogens is 410 g/mol. The van der Waals surface area contributed by atoms with E-state index in [1.165, 1.54) is 12.8 Å². The van der Waals surface area contributed by atoms with Gasteiger partial charge in [-0.3, -0.25) is 14.6 Å². The first-order valence-electron chi connectivity index (χ1n) is 12.5. The summed E-state index contributed by atoms with van der Waals surface area (Å²) in [6, 6.07) is 12.4. The maximum Gasteiger partial charge on any atom is 0.228 e. The van der Waals surface area contributed by atoms with Gasteiger partial charge in [-0.1, -0.05) is 37.1 Å². The molecule has 0 spiro atoms. The Morgan fingerprint density at radius 2 is 1.82 bits per heavy atom. The number of carbonyl (C=O) groups excluding carboxylic acids is 2. The second-order valence-corrected chi connectivity index (χ2v) is 10.3. The Morgan fingerprint density at radius 3 is 2.55 bits per heavy atom. The largest absolute Gasteiger partial charge is 0.353 e. The average molecular weight is 448 g/mol. The summed E-state index contributed by atoms with van der Waals surface area (Å²) in [6.45, 7) is 5.26. The number of nitrogens with one attached hydrogen (secondary N) is 1. The molecular formula is C28H37N3O2. The topological polar surface area (TPSA) is 62.3 Å². The fourth-order valence-electron chi connectivity index (χ4n) is 5.61. The molecule has 0 bridgehead atoms. The van der Waals surface area contributed by atoms with Crippen molar-refractivity contribution in [1.82, 2.24) is 15.2 Å². The number of rotatable bonds is 7. The molecule has 2 fully saturated rings. The molecule has 1 saturated heterocycles. The van der Waals surface area contributed by atoms with E-state index < -0.39 is 5.41 Å². The maximum atomic E-state index is 13.6. The van der Waals surface area contributed by atoms with Crippen LogP contribution in [0.15, 0.2) is 48.8 Å². The molecule has 1 aliphatic carbocycles. The highest BCUT2D eigenvalue weighted by Crippen LogP contribution is 2.38. The van der Waals surface area contributed by atoms with Crippen molar-refractivity contribution in [2.45, 2.75) is 71.3 Å². The third-order valence-corrected chi connectivity index (χ3v) is 7.31. The van der Waals surface area contributed by atoms with E-state index >= 15 is 0 Å². The zero-order chi connectivity index (χ0) is 23.3. The second-order valence-electron chi connectivity index (χ2n) is 10.3. The highest BCUT2D eigenvalue weighted by Gasteiger charge is 2.44. The van der Waals surface area contributed by atoms with Crippen LogP contribution < -0.4 is 5.32 Å². The molecule has 1 atom stereocenters. The van der Waals surface area contributed by atoms with Gasteiger partial charge in [0.25, 0.3) is 0 Å². The van der Waals surface area contributed by atoms with Crippen LogP contribution >= 0.6 is 0 Å². The number of nitrogens with zero attached hydrogens (tertiary/aromatic N) is 2. The molecule has 0 radical (unpaired) electrons. The first kappa shape index (κ1) is 23.5. The molecule has 176 valence electrons. The van der Waals surface area contributed by atoms with E-state index in [1.54, 1.807) is 12.4 Å². The third-order valence-electron chi connectivity index (χ3n) is 7.31. The van der Waals surface area contributed by atoms with E-state index in [1.807, 2.05) is 43.0 Å². The van der Waals surface area contributed by atoms with Crippen molar-refractivity contribution in [3.8, 4) is 11.1 Å². The Kier molecular flexibility index (Phi) is 7.46. The zero-order valence-electron chi connectivity index (χ0n) is 20.1. The van der Waals surface area contributed by atoms with Crippen LogP contribution in [0.3, 0.4) is 0 Å². The minimum Gasteiger partial charge on any atom is -0.353 e. The summed E-state index contributed by atoms with van der Waals surface area (Å²) in [6.07, 6.45) is 11.3. The van der Waals surface area contributed by atoms with E-state index in [-0.39, 0.29) is 17.9 Å². The molecule has 4 rings (SSSR count). The summed E-state index contributed by atoms with van der Waals surface area (Å²) >= 11 is 0. The summed E-state index contributed by atoms with van der Waals surface area (Å²) in [5.41, 5.74) is 2.76. The molecule has 2 aliphatic rings. The lowest BCUT2D eigenvalue weighted by Gasteiger charge is -2.43. The quantitative estimate of drug-likeness (QED) is 0.649. The first-order chi connectivity index (χ1) is 16.0. The van der Waals surface area contributed by atoms with Crippen LogP contribution in [0.25, 0.3) is 11.1 Å². The van der Waals surface area contributed by atoms with E-state index in [0.29, 0.717) is 25.3 Å². The SMILES string of the molecule is CC(C)NC(=O)[C@@]1(Cc2ccccc2-c2ccncc2)CCCN(C(=O)CC2CCCC2)C1. The van der Waals surface area contributed by atoms with Crippen LogP contribution in [0.5, 0.6) is 0 Å². The van der Waals surface area contributed by atoms with Crippen molar-refractivity contribution < 1.29 is 9.59 Å². The Labute approximate surface area is 198 Å². The van der Waals surface area contributed by atoms with Crippen molar-refractivity contribution in [2.75, 3.05) is 13.1 Å². The van der Waals surface area contributed by atoms with Crippen LogP contribution in [0.4, 0.5) is 0 Å². The minimum absolute atomic E-state index is 0.0642. The van der Waals surface area contributed by atoms with Gasteiger partial charge in [-0.25, -0.2) is 0 Å². The van der Waals surface area contributed by atoms with Gasteiger partial charge >= 0.3 is 0 Å². The van der Waals surface area contributed by atoms with Crippen LogP contribution in [0, 0.1) is 11.3 Å². The van der Waals surface area contributed by atoms with Gasteiger partial charge in [0.1, 0.15) is 0 Å². The number of carbonyl (C=O) groups is 2. The van der Waals surface area contributed by atoms with Crippen molar-refractivity contribution >= 4 is 11.8 Å². The van der Waals surface area contributed by atoms with Gasteiger partial charge in [0.05, 0.1) is 5.41 Å². The highest BCUT2D eigenvalue weighted by molar-refractivity contribution is 5.85. The van der Waals surface area contributed by atoms with Gasteiger partial charge in [-0.2, -0.15) is 0 Å². The van der Waals surface area contributed by atoms with E-state index in [0.717, 1.165) is 48.9 Å². The van der Waals surface area contributed by atoms with Crippen molar-refractivity contribution in [3.63, 3.8) is 0 Å². The lowest BCUT2D eigenvalue weighted by atomic mass is 9.73. The van der Waals surface area contributed by atoms with E-state index in [2.05, 4.69) is 22.4 Å². The molecule has 1 aromatic heterocycles. The first-order valence-corrected chi connectivity index (χ1v) is 12.5. The predicted octanol–water partition coefficient (Wildman–Crippen LogP) is 5.00. The molecule has 2 aromatic rings. The van der Waals surface area contributed by atoms with Gasteiger partial charge in [-0.15, -0.1) is 0 Å². The zero-order valence-corrected chi connectivity index (χ0v) is 20.1. The summed E-state index contributed by atoms with van der Waals surface area (Å²) in [5, 5.41) is 3.18. The normalized spacial score (nSPS) is 21.4. The number of piperidine rings is 1. The van der Waals surface area contributed by atoms with E-state index in [4.69, 9.17) is 0 Å². The Morgan fingerprint density at radius 1 is 1.09 bits per heavy atom. The maximum absolute atomic E-state index is 13.6. The summed E-state index contributed by atoms with van der Waals surface area (Å²) in [4.78, 5) is 33.0. The molecule has 5 nitrogen and oxygen atoms in total. The highest BCUT2D eigenvalue weighted by atomic mass is 16.2. The van der Waals surface area contributed by atoms with Crippen LogP contribution in [-0.2, 0) is 16.0 Å². The molecule has 2 heterocycles. The Balaban J connectivity index is 1.61. The molecule has 0 unspecified atom stereocenters. The fourth-order valence-corrected chi connectivity index (χ4v) is 5.61. The number of hydrogen-bond donors (Lipinski definition) is 1. The molecule has 1 saturated carbocycles. The van der Waals surface area contributed by atoms with Crippen LogP contribution in [0.2, 0.25) is 0 Å². The van der Waals surface area contributed by atoms with Crippen LogP contribution in [-0.4, -0.2) is 40.8 Å². The summed E-state index contributed by atoms with van der Waals surface area (Å²) < 4.78 is 0. The minimum atomic E-state index is -0.614. The van der Waals surface area contributed by atoms with Crippen molar-refractivity contribution in [1.29, 1.82) is 0 Å². The smallest absolute Gasteiger partial charge is 0.228 e. The number of aromatic nitrogens is 1. The lowest BCUT2D eigenvalue weighted by Crippen LogP contribution is -2.55. The van der Waals surface area contributed by atoms with Crippen molar-refractivity contribution in [2.24, 2.45) is 11.3 Å². The molecule has 1 N–H and O–H groups in total. The van der Waals surface area contributed by atoms with E-state index in [9.17, 15) is 9.59 Å². The number of amides is 2. The monoisotopic (exact) mass is 447 g/mol. The molecule has 1 aromatic carbocycles. The second kappa shape index (κ2) is 10.5. The number of likely N-dealkylation sites (tertiary alicyclic amines) is 1. The van der Waals surface area contributed by atoms with Gasteiger partial charge in [0, 0.05) is 37.9 Å². The van der Waals surface area contributed by atoms with Gasteiger partial charge in [0.2, 0.25) is 11.8 Å². The standard InChI is InChI=1S/C28H37N3O2/c1-21(2)30-27(33)28(14-7-17-31(20-28)26(32)18-22-8-3-4-9-22)19-24-10-5-6-11-25(24)23-12-15-29-16-13-23/h5-6,10-13,15-16,21-22H,3-4,7-9,14,17-20H2,1-2H3,(H,30,33)/t28-/m1/s1. The third kappa shape index (κ3) is 5.63. The van der Waals surface area contributed by atoms with Gasteiger partial charge < -0.3 is 10.2 Å². The summed E-state index contributed by atoms with van der Waals surface area (Å²) in [5.74, 6) is 0.817. The van der Waals surface area contributed by atoms with Crippen LogP contribution in [0.1, 0.15) is 64.4 Å². The Bertz CT molecular complexity index is 953. The Hall–Kier alpha value is -2.69. The molecule has 2 amide bonds. The number of benzene rings is 1. The van der Waals surface area contributed by atoms with Gasteiger partial charge in [0.15, 0.2) is 0 Å². The van der Waals surface area contributed by atoms with Gasteiger partial charge in [-0.05, 0) is 80.7 Å². The number of hydrogen-bond acceptors (Lipinski definition) is 3. The predicted molar refractivity (Wildman–Crippen MR) is 131 cm³/mol.